The number of hydrogen-bond donors (Lipinski definition) is 2. The molecule has 0 saturated carbocycles. The second-order valence-electron chi connectivity index (χ2n) is 2.90. The normalized spacial score (nSPS) is 7.88. The number of hydrogen-bond acceptors (Lipinski definition) is 2. The third-order valence-electron chi connectivity index (χ3n) is 1.42. The molecule has 4 heteroatoms. The maximum absolute atomic E-state index is 9.81. The predicted molar refractivity (Wildman–Crippen MR) is 60.6 cm³/mol. The monoisotopic (exact) mass is 224 g/mol. The maximum Gasteiger partial charge on any atom is 0.303 e. The van der Waals surface area contributed by atoms with Gasteiger partial charge in [-0.25, -0.2) is 0 Å². The van der Waals surface area contributed by atoms with Crippen LogP contribution >= 0.6 is 0 Å². The van der Waals surface area contributed by atoms with E-state index < -0.39 is 11.9 Å². The Bertz CT molecular complexity index is 250. The average Bonchev–Trinajstić information content (AvgIpc) is 2.18. The summed E-state index contributed by atoms with van der Waals surface area (Å²) in [4.78, 5) is 19.6. The van der Waals surface area contributed by atoms with Crippen LogP contribution < -0.4 is 0 Å². The highest BCUT2D eigenvalue weighted by Gasteiger charge is 1.92. The van der Waals surface area contributed by atoms with E-state index in [1.807, 2.05) is 0 Å². The van der Waals surface area contributed by atoms with Gasteiger partial charge in [0.2, 0.25) is 0 Å². The average molecular weight is 224 g/mol. The molecule has 0 aromatic heterocycles. The van der Waals surface area contributed by atoms with Crippen LogP contribution in [0.3, 0.4) is 0 Å². The molecule has 0 fully saturated rings. The lowest BCUT2D eigenvalue weighted by Crippen LogP contribution is -1.92. The Morgan fingerprint density at radius 3 is 1.38 bits per heavy atom. The molecule has 0 unspecified atom stereocenters. The van der Waals surface area contributed by atoms with Crippen molar-refractivity contribution in [3.63, 3.8) is 0 Å². The number of terminal acetylenes is 2. The van der Waals surface area contributed by atoms with Gasteiger partial charge in [-0.2, -0.15) is 0 Å². The first kappa shape index (κ1) is 16.5. The lowest BCUT2D eigenvalue weighted by Gasteiger charge is -1.85. The van der Waals surface area contributed by atoms with Crippen LogP contribution in [0.25, 0.3) is 0 Å². The molecule has 2 N–H and O–H groups in total. The molecular formula is C12H16O4. The highest BCUT2D eigenvalue weighted by molar-refractivity contribution is 5.66. The largest absolute Gasteiger partial charge is 0.481 e. The summed E-state index contributed by atoms with van der Waals surface area (Å²) < 4.78 is 0. The second kappa shape index (κ2) is 13.1. The highest BCUT2D eigenvalue weighted by Crippen LogP contribution is 1.92. The molecule has 0 aromatic carbocycles. The quantitative estimate of drug-likeness (QED) is 0.532. The van der Waals surface area contributed by atoms with Crippen molar-refractivity contribution in [2.45, 2.75) is 38.5 Å². The SMILES string of the molecule is C#CCCCC(=O)O.C#CCCCC(=O)O. The van der Waals surface area contributed by atoms with Gasteiger partial charge in [0.05, 0.1) is 0 Å². The molecule has 0 aliphatic heterocycles. The van der Waals surface area contributed by atoms with Crippen molar-refractivity contribution in [1.29, 1.82) is 0 Å². The molecule has 0 aliphatic rings. The molecular weight excluding hydrogens is 208 g/mol. The third-order valence-corrected chi connectivity index (χ3v) is 1.42. The fourth-order valence-electron chi connectivity index (χ4n) is 0.683. The number of unbranched alkanes of at least 4 members (excludes halogenated alkanes) is 2. The van der Waals surface area contributed by atoms with E-state index in [9.17, 15) is 9.59 Å². The van der Waals surface area contributed by atoms with E-state index >= 15 is 0 Å². The van der Waals surface area contributed by atoms with Gasteiger partial charge in [0, 0.05) is 25.7 Å². The van der Waals surface area contributed by atoms with Crippen LogP contribution in [0, 0.1) is 24.7 Å². The maximum atomic E-state index is 9.81. The molecule has 88 valence electrons. The molecule has 0 radical (unpaired) electrons. The molecule has 0 rings (SSSR count). The van der Waals surface area contributed by atoms with E-state index in [-0.39, 0.29) is 12.8 Å². The standard InChI is InChI=1S/2C6H8O2/c2*1-2-3-4-5-6(7)8/h2*1H,3-5H2,(H,7,8). The van der Waals surface area contributed by atoms with E-state index in [2.05, 4.69) is 11.8 Å². The van der Waals surface area contributed by atoms with Crippen LogP contribution in [0.1, 0.15) is 38.5 Å². The van der Waals surface area contributed by atoms with Crippen molar-refractivity contribution in [2.75, 3.05) is 0 Å². The molecule has 0 spiro atoms. The molecule has 16 heavy (non-hydrogen) atoms. The first-order valence-corrected chi connectivity index (χ1v) is 4.85. The van der Waals surface area contributed by atoms with E-state index in [0.717, 1.165) is 0 Å². The van der Waals surface area contributed by atoms with Crippen LogP contribution in [0.5, 0.6) is 0 Å². The van der Waals surface area contributed by atoms with Crippen LogP contribution in [0.15, 0.2) is 0 Å². The first-order chi connectivity index (χ1) is 7.54. The number of carboxylic acids is 2. The van der Waals surface area contributed by atoms with Gasteiger partial charge in [-0.15, -0.1) is 24.7 Å². The van der Waals surface area contributed by atoms with Gasteiger partial charge in [0.25, 0.3) is 0 Å². The summed E-state index contributed by atoms with van der Waals surface area (Å²) >= 11 is 0. The summed E-state index contributed by atoms with van der Waals surface area (Å²) in [5, 5.41) is 16.1. The zero-order valence-electron chi connectivity index (χ0n) is 9.11. The van der Waals surface area contributed by atoms with E-state index in [0.29, 0.717) is 25.7 Å². The summed E-state index contributed by atoms with van der Waals surface area (Å²) in [5.41, 5.74) is 0. The van der Waals surface area contributed by atoms with Crippen molar-refractivity contribution in [3.05, 3.63) is 0 Å². The van der Waals surface area contributed by atoms with Crippen molar-refractivity contribution in [2.24, 2.45) is 0 Å². The first-order valence-electron chi connectivity index (χ1n) is 4.85. The number of carboxylic acid groups (broad SMARTS) is 2. The summed E-state index contributed by atoms with van der Waals surface area (Å²) in [6.45, 7) is 0. The minimum atomic E-state index is -0.778. The minimum Gasteiger partial charge on any atom is -0.481 e. The fourth-order valence-corrected chi connectivity index (χ4v) is 0.683. The predicted octanol–water partition coefficient (Wildman–Crippen LogP) is 1.75. The Morgan fingerprint density at radius 2 is 1.19 bits per heavy atom. The lowest BCUT2D eigenvalue weighted by atomic mass is 10.2. The topological polar surface area (TPSA) is 74.6 Å². The van der Waals surface area contributed by atoms with Gasteiger partial charge in [0.1, 0.15) is 0 Å². The van der Waals surface area contributed by atoms with Crippen LogP contribution in [-0.4, -0.2) is 22.2 Å². The Morgan fingerprint density at radius 1 is 0.875 bits per heavy atom. The lowest BCUT2D eigenvalue weighted by molar-refractivity contribution is -0.138. The fraction of sp³-hybridized carbons (Fsp3) is 0.500. The van der Waals surface area contributed by atoms with Crippen LogP contribution in [0.2, 0.25) is 0 Å². The van der Waals surface area contributed by atoms with Crippen molar-refractivity contribution in [3.8, 4) is 24.7 Å². The molecule has 4 nitrogen and oxygen atoms in total. The minimum absolute atomic E-state index is 0.185. The van der Waals surface area contributed by atoms with E-state index in [1.54, 1.807) is 0 Å². The molecule has 0 atom stereocenters. The summed E-state index contributed by atoms with van der Waals surface area (Å²) in [5.74, 6) is 3.16. The molecule has 0 aliphatic carbocycles. The Hall–Kier alpha value is -1.94. The molecule has 0 aromatic rings. The molecule has 0 heterocycles. The summed E-state index contributed by atoms with van der Waals surface area (Å²) in [7, 11) is 0. The van der Waals surface area contributed by atoms with Crippen LogP contribution in [0.4, 0.5) is 0 Å². The molecule has 0 amide bonds. The van der Waals surface area contributed by atoms with Gasteiger partial charge in [0.15, 0.2) is 0 Å². The van der Waals surface area contributed by atoms with Crippen molar-refractivity contribution >= 4 is 11.9 Å². The third kappa shape index (κ3) is 22.7. The summed E-state index contributed by atoms with van der Waals surface area (Å²) in [6, 6.07) is 0. The van der Waals surface area contributed by atoms with E-state index in [4.69, 9.17) is 23.1 Å². The van der Waals surface area contributed by atoms with E-state index in [1.165, 1.54) is 0 Å². The van der Waals surface area contributed by atoms with Crippen molar-refractivity contribution in [1.82, 2.24) is 0 Å². The van der Waals surface area contributed by atoms with Gasteiger partial charge in [-0.05, 0) is 12.8 Å². The molecule has 0 saturated heterocycles. The Kier molecular flexibility index (Phi) is 13.5. The Balaban J connectivity index is 0. The number of carbonyl (C=O) groups is 2. The zero-order valence-corrected chi connectivity index (χ0v) is 9.11. The van der Waals surface area contributed by atoms with Gasteiger partial charge >= 0.3 is 11.9 Å². The number of rotatable bonds is 6. The second-order valence-corrected chi connectivity index (χ2v) is 2.90. The molecule has 0 bridgehead atoms. The number of aliphatic carboxylic acids is 2. The van der Waals surface area contributed by atoms with Gasteiger partial charge in [-0.1, -0.05) is 0 Å². The highest BCUT2D eigenvalue weighted by atomic mass is 16.4. The van der Waals surface area contributed by atoms with Gasteiger partial charge in [-0.3, -0.25) is 9.59 Å². The smallest absolute Gasteiger partial charge is 0.303 e. The zero-order chi connectivity index (χ0) is 12.8. The van der Waals surface area contributed by atoms with Crippen molar-refractivity contribution < 1.29 is 19.8 Å². The van der Waals surface area contributed by atoms with Gasteiger partial charge < -0.3 is 10.2 Å². The summed E-state index contributed by atoms with van der Waals surface area (Å²) in [6.07, 6.45) is 12.4. The Labute approximate surface area is 95.7 Å². The van der Waals surface area contributed by atoms with Crippen LogP contribution in [-0.2, 0) is 9.59 Å².